The zero-order chi connectivity index (χ0) is 31.6. The molecule has 0 nitrogen and oxygen atoms in total. The lowest BCUT2D eigenvalue weighted by atomic mass is 9.80. The molecule has 0 saturated heterocycles. The van der Waals surface area contributed by atoms with Crippen molar-refractivity contribution in [1.82, 2.24) is 0 Å². The van der Waals surface area contributed by atoms with E-state index in [2.05, 4.69) is 182 Å². The average molecular weight is 607 g/mol. The van der Waals surface area contributed by atoms with Gasteiger partial charge in [0, 0.05) is 0 Å². The molecule has 0 aliphatic carbocycles. The van der Waals surface area contributed by atoms with E-state index in [1.807, 2.05) is 0 Å². The SMILES string of the molecule is c1ccc(-c2cc3ccccc3cc2-c2c3ccccc3c(-c3cc4ccccc4c4ccccc34)c3c2ccc2ccccc23)cc1. The molecule has 10 aromatic carbocycles. The number of hydrogen-bond donors (Lipinski definition) is 0. The van der Waals surface area contributed by atoms with Crippen molar-refractivity contribution in [2.75, 3.05) is 0 Å². The third-order valence-electron chi connectivity index (χ3n) is 10.2. The maximum absolute atomic E-state index is 2.42. The number of hydrogen-bond acceptors (Lipinski definition) is 0. The van der Waals surface area contributed by atoms with E-state index in [1.54, 1.807) is 0 Å². The summed E-state index contributed by atoms with van der Waals surface area (Å²) >= 11 is 0. The molecule has 0 aromatic heterocycles. The van der Waals surface area contributed by atoms with Gasteiger partial charge in [0.1, 0.15) is 0 Å². The van der Waals surface area contributed by atoms with Crippen LogP contribution in [0.3, 0.4) is 0 Å². The van der Waals surface area contributed by atoms with Gasteiger partial charge in [-0.3, -0.25) is 0 Å². The van der Waals surface area contributed by atoms with Gasteiger partial charge in [0.2, 0.25) is 0 Å². The molecule has 48 heavy (non-hydrogen) atoms. The van der Waals surface area contributed by atoms with Crippen LogP contribution in [0.5, 0.6) is 0 Å². The van der Waals surface area contributed by atoms with Crippen LogP contribution in [0.2, 0.25) is 0 Å². The summed E-state index contributed by atoms with van der Waals surface area (Å²) in [6, 6.07) is 67.2. The minimum Gasteiger partial charge on any atom is -0.0622 e. The third-order valence-corrected chi connectivity index (χ3v) is 10.2. The van der Waals surface area contributed by atoms with Crippen molar-refractivity contribution in [3.63, 3.8) is 0 Å². The van der Waals surface area contributed by atoms with Crippen LogP contribution in [-0.2, 0) is 0 Å². The number of fused-ring (bicyclic) bond motifs is 8. The predicted molar refractivity (Wildman–Crippen MR) is 208 cm³/mol. The first-order chi connectivity index (χ1) is 23.8. The molecule has 222 valence electrons. The van der Waals surface area contributed by atoms with E-state index >= 15 is 0 Å². The van der Waals surface area contributed by atoms with E-state index in [-0.39, 0.29) is 0 Å². The van der Waals surface area contributed by atoms with Gasteiger partial charge in [-0.1, -0.05) is 164 Å². The van der Waals surface area contributed by atoms with Crippen LogP contribution < -0.4 is 0 Å². The van der Waals surface area contributed by atoms with Gasteiger partial charge in [0.25, 0.3) is 0 Å². The lowest BCUT2D eigenvalue weighted by Crippen LogP contribution is -1.95. The molecule has 0 amide bonds. The van der Waals surface area contributed by atoms with Crippen molar-refractivity contribution in [3.8, 4) is 33.4 Å². The quantitative estimate of drug-likeness (QED) is 0.139. The molecular formula is C48H30. The zero-order valence-corrected chi connectivity index (χ0v) is 26.3. The summed E-state index contributed by atoms with van der Waals surface area (Å²) in [4.78, 5) is 0. The Balaban J connectivity index is 1.45. The maximum atomic E-state index is 2.42. The largest absolute Gasteiger partial charge is 0.0622 e. The molecule has 0 heteroatoms. The predicted octanol–water partition coefficient (Wildman–Crippen LogP) is 13.6. The highest BCUT2D eigenvalue weighted by Gasteiger charge is 2.22. The third kappa shape index (κ3) is 4.03. The first-order valence-electron chi connectivity index (χ1n) is 16.7. The van der Waals surface area contributed by atoms with E-state index in [4.69, 9.17) is 0 Å². The minimum absolute atomic E-state index is 1.22. The molecular weight excluding hydrogens is 577 g/mol. The van der Waals surface area contributed by atoms with Crippen molar-refractivity contribution >= 4 is 64.6 Å². The van der Waals surface area contributed by atoms with Crippen molar-refractivity contribution in [2.45, 2.75) is 0 Å². The van der Waals surface area contributed by atoms with Gasteiger partial charge in [-0.15, -0.1) is 0 Å². The fourth-order valence-electron chi connectivity index (χ4n) is 8.08. The van der Waals surface area contributed by atoms with Gasteiger partial charge in [-0.05, 0) is 116 Å². The van der Waals surface area contributed by atoms with Crippen molar-refractivity contribution in [1.29, 1.82) is 0 Å². The summed E-state index contributed by atoms with van der Waals surface area (Å²) < 4.78 is 0. The molecule has 0 atom stereocenters. The monoisotopic (exact) mass is 606 g/mol. The van der Waals surface area contributed by atoms with Gasteiger partial charge in [-0.2, -0.15) is 0 Å². The fourth-order valence-corrected chi connectivity index (χ4v) is 8.08. The Hall–Kier alpha value is -6.24. The first-order valence-corrected chi connectivity index (χ1v) is 16.7. The second-order valence-electron chi connectivity index (χ2n) is 12.8. The molecule has 10 rings (SSSR count). The molecule has 0 spiro atoms. The average Bonchev–Trinajstić information content (AvgIpc) is 3.16. The van der Waals surface area contributed by atoms with Crippen LogP contribution in [0.4, 0.5) is 0 Å². The molecule has 0 radical (unpaired) electrons. The highest BCUT2D eigenvalue weighted by atomic mass is 14.2. The van der Waals surface area contributed by atoms with Crippen molar-refractivity contribution < 1.29 is 0 Å². The molecule has 0 aliphatic heterocycles. The summed E-state index contributed by atoms with van der Waals surface area (Å²) in [7, 11) is 0. The van der Waals surface area contributed by atoms with Crippen LogP contribution >= 0.6 is 0 Å². The standard InChI is InChI=1S/C48H30/c1-2-14-31(15-3-1)43-28-33-17-4-5-18-34(33)29-45(43)46-40-24-12-13-25-41(40)48(47-37-21-9-6-16-32(37)26-27-42(46)47)44-30-35-19-7-8-20-36(35)38-22-10-11-23-39(38)44/h1-30H. The summed E-state index contributed by atoms with van der Waals surface area (Å²) in [5.41, 5.74) is 7.58. The second-order valence-corrected chi connectivity index (χ2v) is 12.8. The van der Waals surface area contributed by atoms with Crippen molar-refractivity contribution in [2.24, 2.45) is 0 Å². The van der Waals surface area contributed by atoms with Crippen LogP contribution in [0.25, 0.3) is 98.0 Å². The summed E-state index contributed by atoms with van der Waals surface area (Å²) in [5.74, 6) is 0. The molecule has 0 saturated carbocycles. The smallest absolute Gasteiger partial charge is 0.00137 e. The van der Waals surface area contributed by atoms with E-state index < -0.39 is 0 Å². The van der Waals surface area contributed by atoms with Crippen LogP contribution in [0.15, 0.2) is 182 Å². The van der Waals surface area contributed by atoms with Crippen molar-refractivity contribution in [3.05, 3.63) is 182 Å². The molecule has 10 aromatic rings. The Bertz CT molecular complexity index is 2880. The second kappa shape index (κ2) is 10.7. The summed E-state index contributed by atoms with van der Waals surface area (Å²) in [6.45, 7) is 0. The van der Waals surface area contributed by atoms with E-state index in [0.29, 0.717) is 0 Å². The summed E-state index contributed by atoms with van der Waals surface area (Å²) in [6.07, 6.45) is 0. The van der Waals surface area contributed by atoms with Gasteiger partial charge in [0.05, 0.1) is 0 Å². The zero-order valence-electron chi connectivity index (χ0n) is 26.3. The normalized spacial score (nSPS) is 11.8. The van der Waals surface area contributed by atoms with Crippen LogP contribution in [-0.4, -0.2) is 0 Å². The highest BCUT2D eigenvalue weighted by molar-refractivity contribution is 6.31. The number of rotatable bonds is 3. The topological polar surface area (TPSA) is 0 Å². The number of benzene rings is 10. The Kier molecular flexibility index (Phi) is 5.98. The first kappa shape index (κ1) is 26.9. The molecule has 0 fully saturated rings. The Morgan fingerprint density at radius 2 is 0.729 bits per heavy atom. The molecule has 0 heterocycles. The van der Waals surface area contributed by atoms with Gasteiger partial charge >= 0.3 is 0 Å². The van der Waals surface area contributed by atoms with E-state index in [0.717, 1.165) is 0 Å². The lowest BCUT2D eigenvalue weighted by molar-refractivity contribution is 1.63. The maximum Gasteiger partial charge on any atom is -0.00137 e. The van der Waals surface area contributed by atoms with Gasteiger partial charge in [0.15, 0.2) is 0 Å². The fraction of sp³-hybridized carbons (Fsp3) is 0. The van der Waals surface area contributed by atoms with Gasteiger partial charge < -0.3 is 0 Å². The molecule has 0 N–H and O–H groups in total. The van der Waals surface area contributed by atoms with Gasteiger partial charge in [-0.25, -0.2) is 0 Å². The Morgan fingerprint density at radius 1 is 0.229 bits per heavy atom. The Labute approximate surface area is 279 Å². The van der Waals surface area contributed by atoms with E-state index in [9.17, 15) is 0 Å². The van der Waals surface area contributed by atoms with Crippen LogP contribution in [0.1, 0.15) is 0 Å². The highest BCUT2D eigenvalue weighted by Crippen LogP contribution is 2.50. The summed E-state index contributed by atoms with van der Waals surface area (Å²) in [5, 5.41) is 15.2. The Morgan fingerprint density at radius 3 is 1.46 bits per heavy atom. The minimum atomic E-state index is 1.22. The molecule has 0 unspecified atom stereocenters. The molecule has 0 aliphatic rings. The van der Waals surface area contributed by atoms with Crippen LogP contribution in [0, 0.1) is 0 Å². The van der Waals surface area contributed by atoms with E-state index in [1.165, 1.54) is 98.0 Å². The molecule has 0 bridgehead atoms. The lowest BCUT2D eigenvalue weighted by Gasteiger charge is -2.22.